The molecule has 3 heteroatoms. The third kappa shape index (κ3) is 4.97. The van der Waals surface area contributed by atoms with E-state index in [0.717, 1.165) is 24.4 Å². The fourth-order valence-electron chi connectivity index (χ4n) is 1.98. The topological polar surface area (TPSA) is 32.3 Å². The molecule has 0 fully saturated rings. The first-order valence-electron chi connectivity index (χ1n) is 6.58. The highest BCUT2D eigenvalue weighted by Gasteiger charge is 2.19. The van der Waals surface area contributed by atoms with Crippen molar-refractivity contribution >= 4 is 11.6 Å². The number of aliphatic hydroxyl groups excluding tert-OH is 1. The lowest BCUT2D eigenvalue weighted by Gasteiger charge is -2.27. The third-order valence-electron chi connectivity index (χ3n) is 3.30. The van der Waals surface area contributed by atoms with E-state index in [1.165, 1.54) is 5.56 Å². The van der Waals surface area contributed by atoms with E-state index in [2.05, 4.69) is 38.2 Å². The highest BCUT2D eigenvalue weighted by Crippen LogP contribution is 2.23. The van der Waals surface area contributed by atoms with Gasteiger partial charge in [0.2, 0.25) is 0 Å². The maximum atomic E-state index is 9.03. The van der Waals surface area contributed by atoms with Gasteiger partial charge in [-0.3, -0.25) is 0 Å². The van der Waals surface area contributed by atoms with Crippen molar-refractivity contribution in [3.63, 3.8) is 0 Å². The van der Waals surface area contributed by atoms with Crippen LogP contribution in [0.15, 0.2) is 24.3 Å². The number of nitrogens with one attached hydrogen (secondary N) is 1. The SMILES string of the molecule is CCC(NCC(C)(C)CCO)c1ccc(Cl)cc1. The average molecular weight is 270 g/mol. The Hall–Kier alpha value is -0.570. The maximum absolute atomic E-state index is 9.03. The van der Waals surface area contributed by atoms with Gasteiger partial charge in [-0.05, 0) is 36.0 Å². The molecular weight excluding hydrogens is 246 g/mol. The van der Waals surface area contributed by atoms with E-state index in [4.69, 9.17) is 16.7 Å². The Morgan fingerprint density at radius 3 is 2.39 bits per heavy atom. The van der Waals surface area contributed by atoms with E-state index in [1.807, 2.05) is 12.1 Å². The Labute approximate surface area is 115 Å². The minimum absolute atomic E-state index is 0.120. The molecule has 0 saturated heterocycles. The lowest BCUT2D eigenvalue weighted by molar-refractivity contribution is 0.202. The second-order valence-electron chi connectivity index (χ2n) is 5.53. The van der Waals surface area contributed by atoms with Crippen LogP contribution < -0.4 is 5.32 Å². The zero-order chi connectivity index (χ0) is 13.6. The zero-order valence-corrected chi connectivity index (χ0v) is 12.3. The number of rotatable bonds is 7. The molecule has 0 saturated carbocycles. The lowest BCUT2D eigenvalue weighted by atomic mass is 9.89. The van der Waals surface area contributed by atoms with E-state index in [9.17, 15) is 0 Å². The summed E-state index contributed by atoms with van der Waals surface area (Å²) in [6.07, 6.45) is 1.86. The summed E-state index contributed by atoms with van der Waals surface area (Å²) < 4.78 is 0. The molecular formula is C15H24ClNO. The number of benzene rings is 1. The van der Waals surface area contributed by atoms with Crippen LogP contribution in [0.1, 0.15) is 45.2 Å². The predicted octanol–water partition coefficient (Wildman–Crippen LogP) is 3.79. The second-order valence-corrected chi connectivity index (χ2v) is 5.97. The van der Waals surface area contributed by atoms with Crippen LogP contribution in [-0.4, -0.2) is 18.3 Å². The van der Waals surface area contributed by atoms with Crippen molar-refractivity contribution in [2.45, 2.75) is 39.7 Å². The molecule has 0 radical (unpaired) electrons. The van der Waals surface area contributed by atoms with Crippen molar-refractivity contribution in [3.05, 3.63) is 34.9 Å². The van der Waals surface area contributed by atoms with Gasteiger partial charge in [0.25, 0.3) is 0 Å². The Bertz CT molecular complexity index is 348. The van der Waals surface area contributed by atoms with Gasteiger partial charge >= 0.3 is 0 Å². The maximum Gasteiger partial charge on any atom is 0.0436 e. The van der Waals surface area contributed by atoms with Gasteiger partial charge in [-0.15, -0.1) is 0 Å². The molecule has 1 unspecified atom stereocenters. The van der Waals surface area contributed by atoms with Crippen LogP contribution in [0, 0.1) is 5.41 Å². The molecule has 0 spiro atoms. The summed E-state index contributed by atoms with van der Waals surface area (Å²) in [6, 6.07) is 8.35. The Balaban J connectivity index is 2.60. The van der Waals surface area contributed by atoms with Crippen LogP contribution in [0.3, 0.4) is 0 Å². The minimum Gasteiger partial charge on any atom is -0.396 e. The number of hydrogen-bond acceptors (Lipinski definition) is 2. The van der Waals surface area contributed by atoms with Crippen molar-refractivity contribution in [2.24, 2.45) is 5.41 Å². The first-order valence-corrected chi connectivity index (χ1v) is 6.96. The van der Waals surface area contributed by atoms with Crippen LogP contribution in [0.25, 0.3) is 0 Å². The standard InChI is InChI=1S/C15H24ClNO/c1-4-14(12-5-7-13(16)8-6-12)17-11-15(2,3)9-10-18/h5-8,14,17-18H,4,9-11H2,1-3H3. The van der Waals surface area contributed by atoms with Crippen LogP contribution in [-0.2, 0) is 0 Å². The lowest BCUT2D eigenvalue weighted by Crippen LogP contribution is -2.32. The summed E-state index contributed by atoms with van der Waals surface area (Å²) in [5.74, 6) is 0. The number of aliphatic hydroxyl groups is 1. The summed E-state index contributed by atoms with van der Waals surface area (Å²) in [7, 11) is 0. The van der Waals surface area contributed by atoms with Crippen molar-refractivity contribution in [1.29, 1.82) is 0 Å². The number of hydrogen-bond donors (Lipinski definition) is 2. The molecule has 2 N–H and O–H groups in total. The fourth-order valence-corrected chi connectivity index (χ4v) is 2.11. The summed E-state index contributed by atoms with van der Waals surface area (Å²) in [6.45, 7) is 7.65. The summed E-state index contributed by atoms with van der Waals surface area (Å²) in [5.41, 5.74) is 1.39. The summed E-state index contributed by atoms with van der Waals surface area (Å²) in [4.78, 5) is 0. The molecule has 0 aliphatic rings. The minimum atomic E-state index is 0.120. The molecule has 0 aliphatic heterocycles. The van der Waals surface area contributed by atoms with Crippen molar-refractivity contribution in [2.75, 3.05) is 13.2 Å². The van der Waals surface area contributed by atoms with Crippen LogP contribution in [0.5, 0.6) is 0 Å². The molecule has 1 atom stereocenters. The molecule has 102 valence electrons. The smallest absolute Gasteiger partial charge is 0.0436 e. The van der Waals surface area contributed by atoms with E-state index in [1.54, 1.807) is 0 Å². The molecule has 0 bridgehead atoms. The largest absolute Gasteiger partial charge is 0.396 e. The molecule has 0 aromatic heterocycles. The molecule has 18 heavy (non-hydrogen) atoms. The summed E-state index contributed by atoms with van der Waals surface area (Å²) in [5, 5.41) is 13.4. The quantitative estimate of drug-likeness (QED) is 0.789. The normalized spacial score (nSPS) is 13.6. The molecule has 0 aliphatic carbocycles. The van der Waals surface area contributed by atoms with Crippen LogP contribution in [0.2, 0.25) is 5.02 Å². The first-order chi connectivity index (χ1) is 8.48. The highest BCUT2D eigenvalue weighted by molar-refractivity contribution is 6.30. The van der Waals surface area contributed by atoms with E-state index >= 15 is 0 Å². The second kappa shape index (κ2) is 7.13. The average Bonchev–Trinajstić information content (AvgIpc) is 2.32. The van der Waals surface area contributed by atoms with Gasteiger partial charge in [0, 0.05) is 24.2 Å². The van der Waals surface area contributed by atoms with Gasteiger partial charge in [0.05, 0.1) is 0 Å². The Morgan fingerprint density at radius 1 is 1.28 bits per heavy atom. The van der Waals surface area contributed by atoms with Gasteiger partial charge in [-0.2, -0.15) is 0 Å². The van der Waals surface area contributed by atoms with Crippen molar-refractivity contribution in [3.8, 4) is 0 Å². The first kappa shape index (κ1) is 15.5. The Kier molecular flexibility index (Phi) is 6.13. The molecule has 1 aromatic rings. The van der Waals surface area contributed by atoms with E-state index in [-0.39, 0.29) is 12.0 Å². The van der Waals surface area contributed by atoms with Gasteiger partial charge < -0.3 is 10.4 Å². The molecule has 2 nitrogen and oxygen atoms in total. The van der Waals surface area contributed by atoms with Gasteiger partial charge in [-0.25, -0.2) is 0 Å². The molecule has 1 aromatic carbocycles. The van der Waals surface area contributed by atoms with Gasteiger partial charge in [-0.1, -0.05) is 44.5 Å². The predicted molar refractivity (Wildman–Crippen MR) is 78.0 cm³/mol. The van der Waals surface area contributed by atoms with E-state index < -0.39 is 0 Å². The van der Waals surface area contributed by atoms with Crippen LogP contribution >= 0.6 is 11.6 Å². The fraction of sp³-hybridized carbons (Fsp3) is 0.600. The van der Waals surface area contributed by atoms with Gasteiger partial charge in [0.15, 0.2) is 0 Å². The van der Waals surface area contributed by atoms with Crippen molar-refractivity contribution in [1.82, 2.24) is 5.32 Å². The monoisotopic (exact) mass is 269 g/mol. The Morgan fingerprint density at radius 2 is 1.89 bits per heavy atom. The van der Waals surface area contributed by atoms with Crippen LogP contribution in [0.4, 0.5) is 0 Å². The van der Waals surface area contributed by atoms with Gasteiger partial charge in [0.1, 0.15) is 0 Å². The third-order valence-corrected chi connectivity index (χ3v) is 3.55. The highest BCUT2D eigenvalue weighted by atomic mass is 35.5. The molecule has 0 amide bonds. The molecule has 0 heterocycles. The van der Waals surface area contributed by atoms with Crippen molar-refractivity contribution < 1.29 is 5.11 Å². The molecule has 1 rings (SSSR count). The van der Waals surface area contributed by atoms with E-state index in [0.29, 0.717) is 6.04 Å². The number of halogens is 1. The zero-order valence-electron chi connectivity index (χ0n) is 11.5. The summed E-state index contributed by atoms with van der Waals surface area (Å²) >= 11 is 5.90.